The van der Waals surface area contributed by atoms with E-state index in [-0.39, 0.29) is 17.2 Å². The van der Waals surface area contributed by atoms with Gasteiger partial charge in [-0.3, -0.25) is 0 Å². The number of phenols is 2. The summed E-state index contributed by atoms with van der Waals surface area (Å²) in [5, 5.41) is 21.5. The Labute approximate surface area is 176 Å². The minimum absolute atomic E-state index is 0.216. The minimum atomic E-state index is -5.63. The summed E-state index contributed by atoms with van der Waals surface area (Å²) in [6.45, 7) is 1.82. The molecule has 0 atom stereocenters. The Morgan fingerprint density at radius 2 is 1.19 bits per heavy atom. The predicted octanol–water partition coefficient (Wildman–Crippen LogP) is 5.63. The average Bonchev–Trinajstić information content (AvgIpc) is 2.66. The number of phenolic OH excluding ortho intramolecular Hbond substituents is 2. The molecule has 0 radical (unpaired) electrons. The van der Waals surface area contributed by atoms with Crippen LogP contribution in [0, 0.1) is 6.92 Å². The van der Waals surface area contributed by atoms with E-state index in [4.69, 9.17) is 10.2 Å². The van der Waals surface area contributed by atoms with Gasteiger partial charge >= 0.3 is 15.6 Å². The molecule has 0 amide bonds. The molecule has 5 nitrogen and oxygen atoms in total. The maximum atomic E-state index is 12.2. The minimum Gasteiger partial charge on any atom is -0.508 e. The van der Waals surface area contributed by atoms with Gasteiger partial charge in [0.05, 0.1) is 0 Å². The van der Waals surface area contributed by atoms with Crippen molar-refractivity contribution in [2.24, 2.45) is 0 Å². The second-order valence-corrected chi connectivity index (χ2v) is 8.25. The molecule has 2 N–H and O–H groups in total. The molecule has 9 heteroatoms. The van der Waals surface area contributed by atoms with E-state index in [2.05, 4.69) is 4.18 Å². The van der Waals surface area contributed by atoms with E-state index in [1.165, 1.54) is 18.2 Å². The number of hydrogen-bond acceptors (Lipinski definition) is 5. The van der Waals surface area contributed by atoms with Crippen LogP contribution in [-0.2, 0) is 10.1 Å². The average molecular weight is 450 g/mol. The van der Waals surface area contributed by atoms with Crippen molar-refractivity contribution in [1.82, 2.24) is 0 Å². The first-order valence-corrected chi connectivity index (χ1v) is 10.3. The summed E-state index contributed by atoms with van der Waals surface area (Å²) in [6, 6.07) is 19.4. The fourth-order valence-electron chi connectivity index (χ4n) is 2.79. The number of alkyl halides is 3. The number of benzene rings is 4. The summed E-state index contributed by atoms with van der Waals surface area (Å²) < 4.78 is 62.4. The summed E-state index contributed by atoms with van der Waals surface area (Å²) in [5.74, 6) is 0.0663. The van der Waals surface area contributed by atoms with Crippen molar-refractivity contribution in [3.05, 3.63) is 78.4 Å². The normalized spacial score (nSPS) is 11.7. The van der Waals surface area contributed by atoms with E-state index in [1.54, 1.807) is 36.4 Å². The van der Waals surface area contributed by atoms with Crippen LogP contribution in [0.15, 0.2) is 72.8 Å². The number of rotatable bonds is 2. The number of aryl methyl sites for hydroxylation is 1. The molecule has 0 aliphatic carbocycles. The molecule has 0 aromatic heterocycles. The maximum absolute atomic E-state index is 12.2. The number of halogens is 3. The van der Waals surface area contributed by atoms with Crippen LogP contribution in [-0.4, -0.2) is 24.1 Å². The van der Waals surface area contributed by atoms with Crippen LogP contribution in [0.1, 0.15) is 5.56 Å². The van der Waals surface area contributed by atoms with Crippen molar-refractivity contribution in [1.29, 1.82) is 0 Å². The van der Waals surface area contributed by atoms with Gasteiger partial charge in [-0.25, -0.2) is 0 Å². The van der Waals surface area contributed by atoms with E-state index in [1.807, 2.05) is 25.1 Å². The maximum Gasteiger partial charge on any atom is 0.534 e. The van der Waals surface area contributed by atoms with Gasteiger partial charge in [-0.05, 0) is 64.9 Å². The lowest BCUT2D eigenvalue weighted by atomic mass is 10.1. The molecule has 0 saturated carbocycles. The van der Waals surface area contributed by atoms with E-state index < -0.39 is 15.6 Å². The Hall–Kier alpha value is -3.46. The van der Waals surface area contributed by atoms with Crippen LogP contribution in [0.5, 0.6) is 17.2 Å². The Morgan fingerprint density at radius 3 is 1.74 bits per heavy atom. The fraction of sp³-hybridized carbons (Fsp3) is 0.0909. The van der Waals surface area contributed by atoms with Crippen LogP contribution in [0.4, 0.5) is 13.2 Å². The lowest BCUT2D eigenvalue weighted by molar-refractivity contribution is -0.0500. The van der Waals surface area contributed by atoms with Crippen molar-refractivity contribution in [3.8, 4) is 17.2 Å². The zero-order valence-electron chi connectivity index (χ0n) is 16.1. The predicted molar refractivity (Wildman–Crippen MR) is 112 cm³/mol. The number of aromatic hydroxyl groups is 2. The molecule has 162 valence electrons. The highest BCUT2D eigenvalue weighted by atomic mass is 32.2. The first-order valence-electron chi connectivity index (χ1n) is 8.87. The number of hydrogen-bond donors (Lipinski definition) is 2. The molecule has 4 aromatic rings. The van der Waals surface area contributed by atoms with Crippen LogP contribution < -0.4 is 4.18 Å². The molecule has 0 bridgehead atoms. The lowest BCUT2D eigenvalue weighted by Gasteiger charge is -2.10. The molecule has 0 spiro atoms. The van der Waals surface area contributed by atoms with Crippen LogP contribution in [0.25, 0.3) is 21.5 Å². The summed E-state index contributed by atoms with van der Waals surface area (Å²) in [6.07, 6.45) is 0. The molecule has 31 heavy (non-hydrogen) atoms. The van der Waals surface area contributed by atoms with E-state index in [0.29, 0.717) is 5.39 Å². The van der Waals surface area contributed by atoms with Crippen molar-refractivity contribution in [2.45, 2.75) is 12.4 Å². The molecule has 0 fully saturated rings. The van der Waals surface area contributed by atoms with Gasteiger partial charge < -0.3 is 14.4 Å². The molecule has 0 aliphatic rings. The van der Waals surface area contributed by atoms with Crippen LogP contribution in [0.3, 0.4) is 0 Å². The molecule has 4 aromatic carbocycles. The largest absolute Gasteiger partial charge is 0.534 e. The zero-order valence-corrected chi connectivity index (χ0v) is 16.9. The molecule has 0 unspecified atom stereocenters. The highest BCUT2D eigenvalue weighted by Crippen LogP contribution is 2.29. The van der Waals surface area contributed by atoms with Gasteiger partial charge in [0.1, 0.15) is 17.2 Å². The molecule has 0 aliphatic heterocycles. The lowest BCUT2D eigenvalue weighted by Crippen LogP contribution is -2.28. The van der Waals surface area contributed by atoms with Gasteiger partial charge in [-0.1, -0.05) is 42.0 Å². The van der Waals surface area contributed by atoms with Gasteiger partial charge in [0.15, 0.2) is 0 Å². The molecule has 0 heterocycles. The summed E-state index contributed by atoms with van der Waals surface area (Å²) in [5.41, 5.74) is -4.53. The van der Waals surface area contributed by atoms with Gasteiger partial charge in [0, 0.05) is 0 Å². The molecular weight excluding hydrogens is 433 g/mol. The quantitative estimate of drug-likeness (QED) is 0.306. The second-order valence-electron chi connectivity index (χ2n) is 6.71. The highest BCUT2D eigenvalue weighted by Gasteiger charge is 2.48. The summed E-state index contributed by atoms with van der Waals surface area (Å²) >= 11 is 0. The zero-order chi connectivity index (χ0) is 22.8. The highest BCUT2D eigenvalue weighted by molar-refractivity contribution is 7.88. The molecular formula is C22H17F3O5S. The standard InChI is InChI=1S/C12H9F3O3S.C10H8O2/c1-8-2-3-9-4-5-11(7-10(9)6-8)18-19(16,17)12(13,14)15;11-9-3-1-7-2-4-10(12)6-8(7)5-9/h2-7H,1H3;1-6,11-12H. The Balaban J connectivity index is 0.000000194. The smallest absolute Gasteiger partial charge is 0.508 e. The monoisotopic (exact) mass is 450 g/mol. The third-order valence-corrected chi connectivity index (χ3v) is 5.24. The number of fused-ring (bicyclic) bond motifs is 2. The fourth-order valence-corrected chi connectivity index (χ4v) is 3.24. The van der Waals surface area contributed by atoms with Crippen molar-refractivity contribution >= 4 is 31.7 Å². The van der Waals surface area contributed by atoms with Gasteiger partial charge in [0.2, 0.25) is 0 Å². The van der Waals surface area contributed by atoms with Gasteiger partial charge in [-0.15, -0.1) is 0 Å². The third-order valence-electron chi connectivity index (χ3n) is 4.26. The van der Waals surface area contributed by atoms with Gasteiger partial charge in [-0.2, -0.15) is 21.6 Å². The molecule has 0 saturated heterocycles. The SMILES string of the molecule is Cc1ccc2ccc(OS(=O)(=O)C(F)(F)F)cc2c1.Oc1ccc2ccc(O)cc2c1. The van der Waals surface area contributed by atoms with Crippen molar-refractivity contribution in [2.75, 3.05) is 0 Å². The Bertz CT molecular complexity index is 1310. The summed E-state index contributed by atoms with van der Waals surface area (Å²) in [4.78, 5) is 0. The van der Waals surface area contributed by atoms with Crippen molar-refractivity contribution < 1.29 is 36.0 Å². The first kappa shape index (κ1) is 22.2. The Morgan fingerprint density at radius 1 is 0.710 bits per heavy atom. The van der Waals surface area contributed by atoms with Gasteiger partial charge in [0.25, 0.3) is 0 Å². The third kappa shape index (κ3) is 5.37. The van der Waals surface area contributed by atoms with E-state index in [0.717, 1.165) is 21.7 Å². The van der Waals surface area contributed by atoms with Crippen LogP contribution >= 0.6 is 0 Å². The van der Waals surface area contributed by atoms with Crippen LogP contribution in [0.2, 0.25) is 0 Å². The topological polar surface area (TPSA) is 83.8 Å². The Kier molecular flexibility index (Phi) is 5.99. The summed E-state index contributed by atoms with van der Waals surface area (Å²) in [7, 11) is -5.63. The second kappa shape index (κ2) is 8.35. The van der Waals surface area contributed by atoms with E-state index >= 15 is 0 Å². The molecule has 4 rings (SSSR count). The van der Waals surface area contributed by atoms with E-state index in [9.17, 15) is 21.6 Å². The van der Waals surface area contributed by atoms with Crippen molar-refractivity contribution in [3.63, 3.8) is 0 Å². The first-order chi connectivity index (χ1) is 14.4.